The Morgan fingerprint density at radius 3 is 2.17 bits per heavy atom. The highest BCUT2D eigenvalue weighted by molar-refractivity contribution is 7.89. The number of carbonyl (C=O) groups excluding carboxylic acids is 1. The minimum atomic E-state index is -4.28. The summed E-state index contributed by atoms with van der Waals surface area (Å²) in [5.74, 6) is -2.55. The highest BCUT2D eigenvalue weighted by Crippen LogP contribution is 2.26. The molecule has 0 saturated carbocycles. The van der Waals surface area contributed by atoms with Gasteiger partial charge in [-0.3, -0.25) is 9.69 Å². The SMILES string of the molecule is O=C(C1CCN(CC(F)(F)F)CC1)N1CCN(S(=O)(=O)c2cc(F)ccc2F)CC1. The average molecular weight is 455 g/mol. The van der Waals surface area contributed by atoms with Crippen molar-refractivity contribution < 1.29 is 35.2 Å². The Bertz CT molecular complexity index is 878. The van der Waals surface area contributed by atoms with Crippen LogP contribution in [0.4, 0.5) is 22.0 Å². The molecule has 2 fully saturated rings. The second-order valence-electron chi connectivity index (χ2n) is 7.47. The Morgan fingerprint density at radius 2 is 1.60 bits per heavy atom. The van der Waals surface area contributed by atoms with Gasteiger partial charge < -0.3 is 4.90 Å². The summed E-state index contributed by atoms with van der Waals surface area (Å²) < 4.78 is 90.9. The molecule has 0 radical (unpaired) electrons. The number of rotatable bonds is 4. The molecule has 0 unspecified atom stereocenters. The summed E-state index contributed by atoms with van der Waals surface area (Å²) in [4.78, 5) is 14.7. The molecule has 1 aromatic carbocycles. The lowest BCUT2D eigenvalue weighted by molar-refractivity contribution is -0.151. The summed E-state index contributed by atoms with van der Waals surface area (Å²) in [5, 5.41) is 0. The van der Waals surface area contributed by atoms with Crippen molar-refractivity contribution in [2.75, 3.05) is 45.8 Å². The van der Waals surface area contributed by atoms with Gasteiger partial charge in [0.2, 0.25) is 15.9 Å². The summed E-state index contributed by atoms with van der Waals surface area (Å²) >= 11 is 0. The number of piperidine rings is 1. The number of likely N-dealkylation sites (tertiary alicyclic amines) is 1. The second-order valence-corrected chi connectivity index (χ2v) is 9.38. The van der Waals surface area contributed by atoms with E-state index >= 15 is 0 Å². The molecule has 0 atom stereocenters. The lowest BCUT2D eigenvalue weighted by Gasteiger charge is -2.38. The maximum atomic E-state index is 13.9. The molecular formula is C18H22F5N3O3S. The molecule has 2 aliphatic rings. The number of amides is 1. The summed E-state index contributed by atoms with van der Waals surface area (Å²) in [6, 6.07) is 2.19. The number of alkyl halides is 3. The molecule has 2 saturated heterocycles. The Labute approximate surface area is 171 Å². The molecule has 3 rings (SSSR count). The van der Waals surface area contributed by atoms with Gasteiger partial charge in [0.1, 0.15) is 16.5 Å². The van der Waals surface area contributed by atoms with Gasteiger partial charge in [0, 0.05) is 32.1 Å². The number of hydrogen-bond acceptors (Lipinski definition) is 4. The van der Waals surface area contributed by atoms with Crippen LogP contribution in [0.25, 0.3) is 0 Å². The van der Waals surface area contributed by atoms with Gasteiger partial charge in [-0.15, -0.1) is 0 Å². The van der Waals surface area contributed by atoms with E-state index in [0.29, 0.717) is 18.9 Å². The van der Waals surface area contributed by atoms with Crippen molar-refractivity contribution in [1.29, 1.82) is 0 Å². The molecule has 2 heterocycles. The largest absolute Gasteiger partial charge is 0.401 e. The number of hydrogen-bond donors (Lipinski definition) is 0. The lowest BCUT2D eigenvalue weighted by atomic mass is 9.95. The molecule has 1 aromatic rings. The predicted molar refractivity (Wildman–Crippen MR) is 96.9 cm³/mol. The van der Waals surface area contributed by atoms with Crippen LogP contribution in [-0.4, -0.2) is 80.4 Å². The first-order valence-electron chi connectivity index (χ1n) is 9.50. The first kappa shape index (κ1) is 22.9. The summed E-state index contributed by atoms with van der Waals surface area (Å²) in [6.07, 6.45) is -3.66. The number of benzene rings is 1. The van der Waals surface area contributed by atoms with Crippen LogP contribution in [0.5, 0.6) is 0 Å². The molecule has 0 aliphatic carbocycles. The smallest absolute Gasteiger partial charge is 0.340 e. The molecule has 168 valence electrons. The minimum absolute atomic E-state index is 0.0725. The highest BCUT2D eigenvalue weighted by Gasteiger charge is 2.37. The van der Waals surface area contributed by atoms with E-state index < -0.39 is 45.2 Å². The van der Waals surface area contributed by atoms with Crippen LogP contribution in [0, 0.1) is 17.6 Å². The molecule has 12 heteroatoms. The molecule has 0 aromatic heterocycles. The monoisotopic (exact) mass is 455 g/mol. The summed E-state index contributed by atoms with van der Waals surface area (Å²) in [7, 11) is -4.25. The van der Waals surface area contributed by atoms with E-state index in [1.165, 1.54) is 9.80 Å². The fourth-order valence-corrected chi connectivity index (χ4v) is 5.31. The van der Waals surface area contributed by atoms with Gasteiger partial charge in [-0.2, -0.15) is 17.5 Å². The summed E-state index contributed by atoms with van der Waals surface area (Å²) in [6.45, 7) is -0.642. The standard InChI is InChI=1S/C18H22F5N3O3S/c19-14-1-2-15(20)16(11-14)30(28,29)26-9-7-25(8-10-26)17(27)13-3-5-24(6-4-13)12-18(21,22)23/h1-2,11,13H,3-10,12H2. The molecular weight excluding hydrogens is 433 g/mol. The Kier molecular flexibility index (Phi) is 6.68. The number of carbonyl (C=O) groups is 1. The van der Waals surface area contributed by atoms with E-state index in [9.17, 15) is 35.2 Å². The Morgan fingerprint density at radius 1 is 1.00 bits per heavy atom. The maximum absolute atomic E-state index is 13.9. The van der Waals surface area contributed by atoms with Gasteiger partial charge >= 0.3 is 6.18 Å². The van der Waals surface area contributed by atoms with Crippen LogP contribution in [0.3, 0.4) is 0 Å². The molecule has 0 bridgehead atoms. The molecule has 0 N–H and O–H groups in total. The van der Waals surface area contributed by atoms with Crippen molar-refractivity contribution in [1.82, 2.24) is 14.1 Å². The normalized spacial score (nSPS) is 20.5. The van der Waals surface area contributed by atoms with Crippen LogP contribution >= 0.6 is 0 Å². The number of piperazine rings is 1. The van der Waals surface area contributed by atoms with E-state index in [1.807, 2.05) is 0 Å². The third kappa shape index (κ3) is 5.27. The van der Waals surface area contributed by atoms with Crippen LogP contribution in [0.15, 0.2) is 23.1 Å². The topological polar surface area (TPSA) is 60.9 Å². The average Bonchev–Trinajstić information content (AvgIpc) is 2.68. The predicted octanol–water partition coefficient (Wildman–Crippen LogP) is 2.07. The third-order valence-corrected chi connectivity index (χ3v) is 7.31. The van der Waals surface area contributed by atoms with Crippen LogP contribution in [-0.2, 0) is 14.8 Å². The quantitative estimate of drug-likeness (QED) is 0.653. The van der Waals surface area contributed by atoms with Crippen LogP contribution in [0.1, 0.15) is 12.8 Å². The van der Waals surface area contributed by atoms with E-state index in [0.717, 1.165) is 16.4 Å². The van der Waals surface area contributed by atoms with E-state index in [1.54, 1.807) is 0 Å². The van der Waals surface area contributed by atoms with E-state index in [2.05, 4.69) is 0 Å². The fourth-order valence-electron chi connectivity index (χ4n) is 3.81. The van der Waals surface area contributed by atoms with E-state index in [-0.39, 0.29) is 45.2 Å². The van der Waals surface area contributed by atoms with Crippen molar-refractivity contribution in [2.24, 2.45) is 5.92 Å². The fraction of sp³-hybridized carbons (Fsp3) is 0.611. The molecule has 2 aliphatic heterocycles. The zero-order valence-corrected chi connectivity index (χ0v) is 16.9. The first-order chi connectivity index (χ1) is 14.0. The molecule has 6 nitrogen and oxygen atoms in total. The van der Waals surface area contributed by atoms with Gasteiger partial charge in [0.15, 0.2) is 0 Å². The van der Waals surface area contributed by atoms with Crippen molar-refractivity contribution in [3.8, 4) is 0 Å². The van der Waals surface area contributed by atoms with Gasteiger partial charge in [-0.25, -0.2) is 17.2 Å². The van der Waals surface area contributed by atoms with Gasteiger partial charge in [0.05, 0.1) is 6.54 Å². The van der Waals surface area contributed by atoms with Gasteiger partial charge in [-0.1, -0.05) is 0 Å². The van der Waals surface area contributed by atoms with Crippen LogP contribution < -0.4 is 0 Å². The van der Waals surface area contributed by atoms with Gasteiger partial charge in [-0.05, 0) is 44.1 Å². The zero-order chi connectivity index (χ0) is 22.1. The lowest BCUT2D eigenvalue weighted by Crippen LogP contribution is -2.53. The zero-order valence-electron chi connectivity index (χ0n) is 16.0. The maximum Gasteiger partial charge on any atom is 0.401 e. The van der Waals surface area contributed by atoms with Crippen molar-refractivity contribution >= 4 is 15.9 Å². The highest BCUT2D eigenvalue weighted by atomic mass is 32.2. The van der Waals surface area contributed by atoms with Crippen molar-refractivity contribution in [2.45, 2.75) is 23.9 Å². The Hall–Kier alpha value is -1.79. The van der Waals surface area contributed by atoms with Crippen molar-refractivity contribution in [3.63, 3.8) is 0 Å². The number of halogens is 5. The number of nitrogens with zero attached hydrogens (tertiary/aromatic N) is 3. The summed E-state index contributed by atoms with van der Waals surface area (Å²) in [5.41, 5.74) is 0. The van der Waals surface area contributed by atoms with Gasteiger partial charge in [0.25, 0.3) is 0 Å². The minimum Gasteiger partial charge on any atom is -0.340 e. The van der Waals surface area contributed by atoms with E-state index in [4.69, 9.17) is 0 Å². The first-order valence-corrected chi connectivity index (χ1v) is 10.9. The van der Waals surface area contributed by atoms with Crippen molar-refractivity contribution in [3.05, 3.63) is 29.8 Å². The Balaban J connectivity index is 1.55. The molecule has 0 spiro atoms. The molecule has 30 heavy (non-hydrogen) atoms. The molecule has 1 amide bonds. The number of sulfonamides is 1. The van der Waals surface area contributed by atoms with Crippen LogP contribution in [0.2, 0.25) is 0 Å². The second kappa shape index (κ2) is 8.75. The third-order valence-electron chi connectivity index (χ3n) is 5.40.